The fourth-order valence-corrected chi connectivity index (χ4v) is 4.41. The molecule has 4 rings (SSSR count). The Morgan fingerprint density at radius 3 is 2.33 bits per heavy atom. The maximum absolute atomic E-state index is 13.9. The number of carbonyl (C=O) groups is 2. The highest BCUT2D eigenvalue weighted by Gasteiger charge is 2.29. The van der Waals surface area contributed by atoms with Crippen molar-refractivity contribution in [3.63, 3.8) is 0 Å². The van der Waals surface area contributed by atoms with Gasteiger partial charge in [-0.15, -0.1) is 0 Å². The minimum atomic E-state index is -0.868. The molecule has 2 aromatic carbocycles. The highest BCUT2D eigenvalue weighted by molar-refractivity contribution is 5.92. The summed E-state index contributed by atoms with van der Waals surface area (Å²) < 4.78 is 21.3. The van der Waals surface area contributed by atoms with Crippen molar-refractivity contribution in [3.8, 4) is 5.69 Å². The largest absolute Gasteiger partial charge is 0.444 e. The van der Waals surface area contributed by atoms with Gasteiger partial charge in [-0.3, -0.25) is 14.2 Å². The Morgan fingerprint density at radius 1 is 0.950 bits per heavy atom. The molecule has 0 bridgehead atoms. The van der Waals surface area contributed by atoms with Gasteiger partial charge in [-0.25, -0.2) is 14.0 Å². The van der Waals surface area contributed by atoms with Crippen LogP contribution < -0.4 is 11.2 Å². The molecule has 1 aromatic heterocycles. The van der Waals surface area contributed by atoms with Gasteiger partial charge in [0, 0.05) is 26.2 Å². The molecule has 40 heavy (non-hydrogen) atoms. The zero-order chi connectivity index (χ0) is 29.2. The predicted octanol–water partition coefficient (Wildman–Crippen LogP) is 3.28. The number of aryl methyl sites for hydroxylation is 2. The van der Waals surface area contributed by atoms with E-state index in [1.54, 1.807) is 39.0 Å². The monoisotopic (exact) mass is 551 g/mol. The fourth-order valence-electron chi connectivity index (χ4n) is 4.41. The van der Waals surface area contributed by atoms with E-state index in [1.165, 1.54) is 28.0 Å². The van der Waals surface area contributed by atoms with Crippen LogP contribution in [0.15, 0.2) is 52.1 Å². The lowest BCUT2D eigenvalue weighted by Crippen LogP contribution is -2.47. The molecule has 1 saturated heterocycles. The number of benzene rings is 2. The standard InChI is InChI=1S/C29H34FN5O5/c1-19-10-11-23(16-20(19)2)35-27(38)34(18-21-8-6-9-22(30)17-21)26(37)24(31-35)25(36)32-12-7-13-33(15-14-32)28(39)40-29(3,4)5/h6,8-11,16-17H,7,12-15,18H2,1-5H3. The Hall–Kier alpha value is -4.28. The fraction of sp³-hybridized carbons (Fsp3) is 0.414. The SMILES string of the molecule is Cc1ccc(-n2nc(C(=O)N3CCCN(C(=O)OC(C)(C)C)CC3)c(=O)n(Cc3cccc(F)c3)c2=O)cc1C. The highest BCUT2D eigenvalue weighted by atomic mass is 19.1. The van der Waals surface area contributed by atoms with Gasteiger partial charge in [0.15, 0.2) is 0 Å². The van der Waals surface area contributed by atoms with Gasteiger partial charge in [-0.05, 0) is 82.0 Å². The highest BCUT2D eigenvalue weighted by Crippen LogP contribution is 2.15. The van der Waals surface area contributed by atoms with E-state index in [4.69, 9.17) is 4.74 Å². The minimum Gasteiger partial charge on any atom is -0.444 e. The third kappa shape index (κ3) is 6.47. The molecule has 0 aliphatic carbocycles. The minimum absolute atomic E-state index is 0.159. The van der Waals surface area contributed by atoms with Crippen molar-refractivity contribution in [3.05, 3.63) is 91.5 Å². The number of ether oxygens (including phenoxy) is 1. The number of hydrogen-bond donors (Lipinski definition) is 0. The molecule has 0 N–H and O–H groups in total. The van der Waals surface area contributed by atoms with Gasteiger partial charge in [0.2, 0.25) is 5.69 Å². The maximum atomic E-state index is 13.9. The third-order valence-corrected chi connectivity index (χ3v) is 6.66. The van der Waals surface area contributed by atoms with Crippen LogP contribution in [0.25, 0.3) is 5.69 Å². The van der Waals surface area contributed by atoms with Gasteiger partial charge in [-0.2, -0.15) is 9.78 Å². The van der Waals surface area contributed by atoms with Crippen LogP contribution in [-0.4, -0.2) is 67.9 Å². The van der Waals surface area contributed by atoms with Crippen molar-refractivity contribution in [2.24, 2.45) is 0 Å². The van der Waals surface area contributed by atoms with Crippen LogP contribution in [-0.2, 0) is 11.3 Å². The number of carbonyl (C=O) groups excluding carboxylic acids is 2. The lowest BCUT2D eigenvalue weighted by molar-refractivity contribution is 0.0255. The van der Waals surface area contributed by atoms with Crippen molar-refractivity contribution >= 4 is 12.0 Å². The molecule has 212 valence electrons. The first-order valence-electron chi connectivity index (χ1n) is 13.2. The molecule has 0 saturated carbocycles. The third-order valence-electron chi connectivity index (χ3n) is 6.66. The molecule has 2 heterocycles. The Labute approximate surface area is 231 Å². The summed E-state index contributed by atoms with van der Waals surface area (Å²) in [5, 5.41) is 4.24. The van der Waals surface area contributed by atoms with E-state index in [1.807, 2.05) is 19.9 Å². The number of rotatable bonds is 4. The lowest BCUT2D eigenvalue weighted by Gasteiger charge is -2.26. The van der Waals surface area contributed by atoms with E-state index >= 15 is 0 Å². The Bertz CT molecular complexity index is 1560. The molecular weight excluding hydrogens is 517 g/mol. The van der Waals surface area contributed by atoms with Crippen molar-refractivity contribution in [1.29, 1.82) is 0 Å². The van der Waals surface area contributed by atoms with Crippen molar-refractivity contribution < 1.29 is 18.7 Å². The molecule has 11 heteroatoms. The van der Waals surface area contributed by atoms with E-state index in [9.17, 15) is 23.6 Å². The van der Waals surface area contributed by atoms with Crippen LogP contribution in [0.3, 0.4) is 0 Å². The molecule has 3 aromatic rings. The predicted molar refractivity (Wildman–Crippen MR) is 147 cm³/mol. The van der Waals surface area contributed by atoms with E-state index < -0.39 is 40.4 Å². The molecular formula is C29H34FN5O5. The summed E-state index contributed by atoms with van der Waals surface area (Å²) in [6.07, 6.45) is -0.000118. The normalized spacial score (nSPS) is 14.2. The first-order valence-corrected chi connectivity index (χ1v) is 13.2. The van der Waals surface area contributed by atoms with E-state index in [2.05, 4.69) is 5.10 Å². The average Bonchev–Trinajstić information content (AvgIpc) is 3.14. The summed E-state index contributed by atoms with van der Waals surface area (Å²) in [4.78, 5) is 56.3. The van der Waals surface area contributed by atoms with Gasteiger partial charge < -0.3 is 14.5 Å². The summed E-state index contributed by atoms with van der Waals surface area (Å²) in [7, 11) is 0. The molecule has 2 amide bonds. The summed E-state index contributed by atoms with van der Waals surface area (Å²) in [5.74, 6) is -1.16. The molecule has 10 nitrogen and oxygen atoms in total. The summed E-state index contributed by atoms with van der Waals surface area (Å²) in [6, 6.07) is 10.8. The second-order valence-corrected chi connectivity index (χ2v) is 10.9. The zero-order valence-electron chi connectivity index (χ0n) is 23.4. The van der Waals surface area contributed by atoms with Gasteiger partial charge in [0.25, 0.3) is 11.5 Å². The van der Waals surface area contributed by atoms with Crippen LogP contribution in [0.2, 0.25) is 0 Å². The number of halogens is 1. The van der Waals surface area contributed by atoms with Crippen LogP contribution in [0, 0.1) is 19.7 Å². The van der Waals surface area contributed by atoms with Crippen LogP contribution >= 0.6 is 0 Å². The first kappa shape index (κ1) is 28.7. The number of aromatic nitrogens is 3. The van der Waals surface area contributed by atoms with Gasteiger partial charge in [0.1, 0.15) is 11.4 Å². The van der Waals surface area contributed by atoms with Gasteiger partial charge in [0.05, 0.1) is 12.2 Å². The quantitative estimate of drug-likeness (QED) is 0.493. The Morgan fingerprint density at radius 2 is 1.65 bits per heavy atom. The number of amides is 2. The summed E-state index contributed by atoms with van der Waals surface area (Å²) >= 11 is 0. The lowest BCUT2D eigenvalue weighted by atomic mass is 10.1. The first-order chi connectivity index (χ1) is 18.8. The zero-order valence-corrected chi connectivity index (χ0v) is 23.4. The van der Waals surface area contributed by atoms with Gasteiger partial charge >= 0.3 is 11.8 Å². The van der Waals surface area contributed by atoms with Gasteiger partial charge in [-0.1, -0.05) is 18.2 Å². The number of nitrogens with zero attached hydrogens (tertiary/aromatic N) is 5. The van der Waals surface area contributed by atoms with Crippen LogP contribution in [0.4, 0.5) is 9.18 Å². The Balaban J connectivity index is 1.73. The number of hydrogen-bond acceptors (Lipinski definition) is 6. The Kier molecular flexibility index (Phi) is 8.22. The second kappa shape index (κ2) is 11.4. The molecule has 0 atom stereocenters. The van der Waals surface area contributed by atoms with E-state index in [-0.39, 0.29) is 26.2 Å². The molecule has 1 aliphatic rings. The van der Waals surface area contributed by atoms with E-state index in [0.717, 1.165) is 20.4 Å². The van der Waals surface area contributed by atoms with Crippen LogP contribution in [0.5, 0.6) is 0 Å². The second-order valence-electron chi connectivity index (χ2n) is 10.9. The molecule has 1 aliphatic heterocycles. The maximum Gasteiger partial charge on any atom is 0.410 e. The van der Waals surface area contributed by atoms with Crippen molar-refractivity contribution in [1.82, 2.24) is 24.1 Å². The molecule has 0 spiro atoms. The topological polar surface area (TPSA) is 107 Å². The van der Waals surface area contributed by atoms with Crippen LogP contribution in [0.1, 0.15) is 54.4 Å². The molecule has 1 fully saturated rings. The summed E-state index contributed by atoms with van der Waals surface area (Å²) in [6.45, 7) is 9.96. The molecule has 0 unspecified atom stereocenters. The van der Waals surface area contributed by atoms with Crippen molar-refractivity contribution in [2.45, 2.75) is 53.2 Å². The molecule has 0 radical (unpaired) electrons. The van der Waals surface area contributed by atoms with Crippen molar-refractivity contribution in [2.75, 3.05) is 26.2 Å². The van der Waals surface area contributed by atoms with E-state index in [0.29, 0.717) is 24.2 Å². The summed E-state index contributed by atoms with van der Waals surface area (Å²) in [5.41, 5.74) is -0.0247. The average molecular weight is 552 g/mol. The smallest absolute Gasteiger partial charge is 0.410 e.